The van der Waals surface area contributed by atoms with Crippen LogP contribution in [0.15, 0.2) is 48.7 Å². The zero-order valence-corrected chi connectivity index (χ0v) is 14.8. The van der Waals surface area contributed by atoms with E-state index >= 15 is 0 Å². The fourth-order valence-corrected chi connectivity index (χ4v) is 3.31. The Morgan fingerprint density at radius 3 is 2.96 bits per heavy atom. The van der Waals surface area contributed by atoms with Crippen LogP contribution < -0.4 is 5.32 Å². The average molecular weight is 338 g/mol. The summed E-state index contributed by atoms with van der Waals surface area (Å²) >= 11 is 0. The Hall–Kier alpha value is -2.20. The van der Waals surface area contributed by atoms with Crippen LogP contribution in [0, 0.1) is 0 Å². The predicted octanol–water partition coefficient (Wildman–Crippen LogP) is 3.79. The molecule has 0 spiro atoms. The van der Waals surface area contributed by atoms with Gasteiger partial charge < -0.3 is 10.1 Å². The summed E-state index contributed by atoms with van der Waals surface area (Å²) in [6.45, 7) is 3.18. The lowest BCUT2D eigenvalue weighted by Crippen LogP contribution is -2.30. The number of rotatable bonds is 7. The molecule has 1 amide bonds. The first kappa shape index (κ1) is 17.6. The number of carbonyl (C=O) groups is 1. The van der Waals surface area contributed by atoms with Crippen molar-refractivity contribution in [2.24, 2.45) is 0 Å². The lowest BCUT2D eigenvalue weighted by Gasteiger charge is -2.25. The Kier molecular flexibility index (Phi) is 6.18. The van der Waals surface area contributed by atoms with Gasteiger partial charge in [-0.2, -0.15) is 0 Å². The molecule has 0 saturated carbocycles. The highest BCUT2D eigenvalue weighted by molar-refractivity contribution is 5.82. The van der Waals surface area contributed by atoms with E-state index in [0.717, 1.165) is 25.0 Å². The molecule has 4 heteroatoms. The van der Waals surface area contributed by atoms with Gasteiger partial charge in [-0.1, -0.05) is 30.3 Å². The van der Waals surface area contributed by atoms with E-state index in [1.54, 1.807) is 6.20 Å². The van der Waals surface area contributed by atoms with Crippen molar-refractivity contribution in [1.82, 2.24) is 10.3 Å². The molecule has 1 N–H and O–H groups in total. The second-order valence-electron chi connectivity index (χ2n) is 6.57. The first-order chi connectivity index (χ1) is 12.3. The van der Waals surface area contributed by atoms with Crippen LogP contribution in [0.1, 0.15) is 55.0 Å². The van der Waals surface area contributed by atoms with Gasteiger partial charge in [-0.3, -0.25) is 9.78 Å². The number of aryl methyl sites for hydroxylation is 1. The number of carbonyl (C=O) groups excluding carboxylic acids is 1. The molecule has 2 atom stereocenters. The summed E-state index contributed by atoms with van der Waals surface area (Å²) in [5.74, 6) is -0.214. The highest BCUT2D eigenvalue weighted by atomic mass is 16.5. The predicted molar refractivity (Wildman–Crippen MR) is 98.4 cm³/mol. The maximum absolute atomic E-state index is 12.2. The minimum absolute atomic E-state index is 0.0155. The first-order valence-corrected chi connectivity index (χ1v) is 9.14. The molecule has 0 unspecified atom stereocenters. The van der Waals surface area contributed by atoms with Crippen LogP contribution in [0.25, 0.3) is 0 Å². The number of hydrogen-bond donors (Lipinski definition) is 1. The number of ether oxygens (including phenoxy) is 1. The number of nitrogens with one attached hydrogen (secondary N) is 1. The van der Waals surface area contributed by atoms with Gasteiger partial charge in [-0.25, -0.2) is 0 Å². The summed E-state index contributed by atoms with van der Waals surface area (Å²) in [4.78, 5) is 16.4. The van der Waals surface area contributed by atoms with Crippen LogP contribution in [0.3, 0.4) is 0 Å². The van der Waals surface area contributed by atoms with E-state index in [1.165, 1.54) is 17.5 Å². The zero-order valence-electron chi connectivity index (χ0n) is 14.8. The Bertz CT molecular complexity index is 687. The Balaban J connectivity index is 1.39. The largest absolute Gasteiger partial charge is 0.373 e. The molecule has 132 valence electrons. The monoisotopic (exact) mass is 338 g/mol. The number of nitrogens with zero attached hydrogens (tertiary/aromatic N) is 1. The third-order valence-electron chi connectivity index (χ3n) is 4.78. The van der Waals surface area contributed by atoms with Crippen LogP contribution in [-0.4, -0.2) is 24.0 Å². The van der Waals surface area contributed by atoms with E-state index in [1.807, 2.05) is 25.1 Å². The quantitative estimate of drug-likeness (QED) is 0.782. The molecule has 4 nitrogen and oxygen atoms in total. The fraction of sp³-hybridized carbons (Fsp3) is 0.429. The lowest BCUT2D eigenvalue weighted by molar-refractivity contribution is -0.122. The van der Waals surface area contributed by atoms with Crippen molar-refractivity contribution in [2.45, 2.75) is 44.6 Å². The normalized spacial score (nSPS) is 17.6. The van der Waals surface area contributed by atoms with E-state index in [-0.39, 0.29) is 17.9 Å². The van der Waals surface area contributed by atoms with Crippen LogP contribution in [0.5, 0.6) is 0 Å². The van der Waals surface area contributed by atoms with E-state index in [2.05, 4.69) is 34.6 Å². The fourth-order valence-electron chi connectivity index (χ4n) is 3.31. The Morgan fingerprint density at radius 2 is 2.12 bits per heavy atom. The Morgan fingerprint density at radius 1 is 1.28 bits per heavy atom. The molecule has 25 heavy (non-hydrogen) atoms. The van der Waals surface area contributed by atoms with Gasteiger partial charge in [0.25, 0.3) is 0 Å². The van der Waals surface area contributed by atoms with Crippen LogP contribution in [0.4, 0.5) is 0 Å². The van der Waals surface area contributed by atoms with Crippen molar-refractivity contribution >= 4 is 5.91 Å². The molecule has 1 aliphatic rings. The van der Waals surface area contributed by atoms with Crippen molar-refractivity contribution in [2.75, 3.05) is 13.2 Å². The van der Waals surface area contributed by atoms with Crippen LogP contribution in [-0.2, 0) is 16.0 Å². The summed E-state index contributed by atoms with van der Waals surface area (Å²) in [7, 11) is 0. The minimum atomic E-state index is -0.229. The van der Waals surface area contributed by atoms with E-state index in [0.29, 0.717) is 13.2 Å². The van der Waals surface area contributed by atoms with Gasteiger partial charge in [0.05, 0.1) is 17.7 Å². The van der Waals surface area contributed by atoms with Gasteiger partial charge in [0, 0.05) is 19.3 Å². The molecule has 0 aliphatic heterocycles. The average Bonchev–Trinajstić information content (AvgIpc) is 2.67. The molecule has 3 rings (SSSR count). The third kappa shape index (κ3) is 4.67. The Labute approximate surface area is 149 Å². The number of benzene rings is 1. The number of amides is 1. The minimum Gasteiger partial charge on any atom is -0.373 e. The maximum Gasteiger partial charge on any atom is 0.228 e. The summed E-state index contributed by atoms with van der Waals surface area (Å²) in [6, 6.07) is 14.2. The molecule has 1 aliphatic carbocycles. The van der Waals surface area contributed by atoms with Crippen molar-refractivity contribution in [1.29, 1.82) is 0 Å². The van der Waals surface area contributed by atoms with Crippen molar-refractivity contribution in [3.05, 3.63) is 65.5 Å². The summed E-state index contributed by atoms with van der Waals surface area (Å²) in [6.07, 6.45) is 6.15. The first-order valence-electron chi connectivity index (χ1n) is 9.14. The second kappa shape index (κ2) is 8.77. The molecule has 0 fully saturated rings. The highest BCUT2D eigenvalue weighted by Crippen LogP contribution is 2.32. The molecule has 0 radical (unpaired) electrons. The zero-order chi connectivity index (χ0) is 17.5. The van der Waals surface area contributed by atoms with Gasteiger partial charge in [-0.05, 0) is 55.9 Å². The number of hydrogen-bond acceptors (Lipinski definition) is 3. The smallest absolute Gasteiger partial charge is 0.228 e. The van der Waals surface area contributed by atoms with Crippen molar-refractivity contribution < 1.29 is 9.53 Å². The summed E-state index contributed by atoms with van der Waals surface area (Å²) < 4.78 is 6.07. The van der Waals surface area contributed by atoms with Crippen LogP contribution in [0.2, 0.25) is 0 Å². The number of fused-ring (bicyclic) bond motifs is 1. The molecule has 2 aromatic rings. The van der Waals surface area contributed by atoms with Gasteiger partial charge in [0.15, 0.2) is 0 Å². The van der Waals surface area contributed by atoms with Crippen molar-refractivity contribution in [3.63, 3.8) is 0 Å². The second-order valence-corrected chi connectivity index (χ2v) is 6.57. The molecule has 1 heterocycles. The van der Waals surface area contributed by atoms with Gasteiger partial charge in [0.1, 0.15) is 0 Å². The van der Waals surface area contributed by atoms with E-state index < -0.39 is 0 Å². The van der Waals surface area contributed by atoms with E-state index in [9.17, 15) is 4.79 Å². The molecule has 1 aromatic carbocycles. The lowest BCUT2D eigenvalue weighted by atomic mass is 9.89. The number of aromatic nitrogens is 1. The molecular weight excluding hydrogens is 312 g/mol. The SMILES string of the molecule is C[C@H](C(=O)NCCCO[C@@H]1CCCc2ccccc21)c1ccccn1. The third-order valence-corrected chi connectivity index (χ3v) is 4.78. The maximum atomic E-state index is 12.2. The van der Waals surface area contributed by atoms with Crippen molar-refractivity contribution in [3.8, 4) is 0 Å². The summed E-state index contributed by atoms with van der Waals surface area (Å²) in [5.41, 5.74) is 3.55. The highest BCUT2D eigenvalue weighted by Gasteiger charge is 2.20. The molecule has 0 saturated heterocycles. The topological polar surface area (TPSA) is 51.2 Å². The van der Waals surface area contributed by atoms with Crippen LogP contribution >= 0.6 is 0 Å². The summed E-state index contributed by atoms with van der Waals surface area (Å²) in [5, 5.41) is 2.98. The van der Waals surface area contributed by atoms with E-state index in [4.69, 9.17) is 4.74 Å². The molecule has 1 aromatic heterocycles. The van der Waals surface area contributed by atoms with Gasteiger partial charge >= 0.3 is 0 Å². The molecular formula is C21H26N2O2. The molecule has 0 bridgehead atoms. The van der Waals surface area contributed by atoms with Gasteiger partial charge in [0.2, 0.25) is 5.91 Å². The van der Waals surface area contributed by atoms with Gasteiger partial charge in [-0.15, -0.1) is 0 Å². The standard InChI is InChI=1S/C21H26N2O2/c1-16(19-11-4-5-13-22-19)21(24)23-14-7-15-25-20-12-6-9-17-8-2-3-10-18(17)20/h2-5,8,10-11,13,16,20H,6-7,9,12,14-15H2,1H3,(H,23,24)/t16-,20+/m0/s1. The number of pyridine rings is 1.